The Hall–Kier alpha value is -0.990. The van der Waals surface area contributed by atoms with Crippen molar-refractivity contribution in [3.8, 4) is 0 Å². The monoisotopic (exact) mass is 179 g/mol. The van der Waals surface area contributed by atoms with Gasteiger partial charge in [-0.3, -0.25) is 0 Å². The van der Waals surface area contributed by atoms with Crippen molar-refractivity contribution in [3.63, 3.8) is 0 Å². The Morgan fingerprint density at radius 3 is 3.08 bits per heavy atom. The van der Waals surface area contributed by atoms with Gasteiger partial charge < -0.3 is 9.88 Å². The summed E-state index contributed by atoms with van der Waals surface area (Å²) in [5.41, 5.74) is 0. The first-order chi connectivity index (χ1) is 6.33. The first-order valence-electron chi connectivity index (χ1n) is 5.09. The third-order valence-electron chi connectivity index (χ3n) is 2.63. The lowest BCUT2D eigenvalue weighted by molar-refractivity contribution is 0.687. The van der Waals surface area contributed by atoms with Crippen LogP contribution in [0.1, 0.15) is 32.7 Å². The molecule has 2 rings (SSSR count). The van der Waals surface area contributed by atoms with Crippen LogP contribution in [0, 0.1) is 5.92 Å². The lowest BCUT2D eigenvalue weighted by Crippen LogP contribution is -2.07. The summed E-state index contributed by atoms with van der Waals surface area (Å²) in [7, 11) is 0. The number of hydrogen-bond acceptors (Lipinski definition) is 2. The molecular formula is C10H17N3. The number of nitrogens with zero attached hydrogens (tertiary/aromatic N) is 2. The second-order valence-electron chi connectivity index (χ2n) is 3.87. The summed E-state index contributed by atoms with van der Waals surface area (Å²) < 4.78 is 2.26. The van der Waals surface area contributed by atoms with E-state index in [1.807, 2.05) is 6.20 Å². The zero-order valence-electron chi connectivity index (χ0n) is 8.33. The van der Waals surface area contributed by atoms with E-state index in [4.69, 9.17) is 0 Å². The maximum absolute atomic E-state index is 4.30. The minimum atomic E-state index is 0.696. The molecule has 0 aliphatic heterocycles. The molecule has 1 N–H and O–H groups in total. The molecule has 1 saturated carbocycles. The molecule has 1 aromatic rings. The molecule has 0 bridgehead atoms. The zero-order chi connectivity index (χ0) is 9.26. The van der Waals surface area contributed by atoms with Gasteiger partial charge in [-0.1, -0.05) is 13.8 Å². The van der Waals surface area contributed by atoms with E-state index >= 15 is 0 Å². The van der Waals surface area contributed by atoms with Gasteiger partial charge in [0, 0.05) is 25.0 Å². The van der Waals surface area contributed by atoms with Gasteiger partial charge in [0.2, 0.25) is 5.95 Å². The summed E-state index contributed by atoms with van der Waals surface area (Å²) in [6.07, 6.45) is 6.40. The van der Waals surface area contributed by atoms with Crippen LogP contribution >= 0.6 is 0 Å². The molecule has 1 fully saturated rings. The summed E-state index contributed by atoms with van der Waals surface area (Å²) in [4.78, 5) is 4.30. The van der Waals surface area contributed by atoms with Gasteiger partial charge in [-0.05, 0) is 18.8 Å². The van der Waals surface area contributed by atoms with Crippen molar-refractivity contribution in [3.05, 3.63) is 12.4 Å². The van der Waals surface area contributed by atoms with Crippen molar-refractivity contribution >= 4 is 5.95 Å². The van der Waals surface area contributed by atoms with Crippen LogP contribution in [-0.2, 0) is 0 Å². The van der Waals surface area contributed by atoms with E-state index in [0.29, 0.717) is 6.04 Å². The van der Waals surface area contributed by atoms with E-state index in [2.05, 4.69) is 34.9 Å². The Balaban J connectivity index is 2.03. The lowest BCUT2D eigenvalue weighted by atomic mass is 10.4. The van der Waals surface area contributed by atoms with Gasteiger partial charge in [0.25, 0.3) is 0 Å². The molecule has 1 heterocycles. The minimum Gasteiger partial charge on any atom is -0.356 e. The van der Waals surface area contributed by atoms with Gasteiger partial charge in [-0.25, -0.2) is 4.98 Å². The maximum atomic E-state index is 4.30. The van der Waals surface area contributed by atoms with E-state index in [-0.39, 0.29) is 0 Å². The largest absolute Gasteiger partial charge is 0.356 e. The van der Waals surface area contributed by atoms with Gasteiger partial charge in [-0.2, -0.15) is 0 Å². The Morgan fingerprint density at radius 1 is 1.69 bits per heavy atom. The molecule has 0 amide bonds. The summed E-state index contributed by atoms with van der Waals surface area (Å²) in [5.74, 6) is 1.87. The SMILES string of the molecule is CCCNc1nccn1C1CC1C. The zero-order valence-corrected chi connectivity index (χ0v) is 8.33. The molecular weight excluding hydrogens is 162 g/mol. The fourth-order valence-corrected chi connectivity index (χ4v) is 1.64. The first kappa shape index (κ1) is 8.60. The Kier molecular flexibility index (Phi) is 2.25. The van der Waals surface area contributed by atoms with Gasteiger partial charge in [0.15, 0.2) is 0 Å². The highest BCUT2D eigenvalue weighted by atomic mass is 15.2. The molecule has 2 atom stereocenters. The van der Waals surface area contributed by atoms with Crippen molar-refractivity contribution in [2.75, 3.05) is 11.9 Å². The lowest BCUT2D eigenvalue weighted by Gasteiger charge is -2.07. The van der Waals surface area contributed by atoms with Crippen molar-refractivity contribution < 1.29 is 0 Å². The highest BCUT2D eigenvalue weighted by Crippen LogP contribution is 2.43. The average molecular weight is 179 g/mol. The van der Waals surface area contributed by atoms with Gasteiger partial charge in [0.1, 0.15) is 0 Å². The van der Waals surface area contributed by atoms with Crippen LogP contribution in [0.2, 0.25) is 0 Å². The fourth-order valence-electron chi connectivity index (χ4n) is 1.64. The summed E-state index contributed by atoms with van der Waals surface area (Å²) >= 11 is 0. The van der Waals surface area contributed by atoms with Crippen molar-refractivity contribution in [2.45, 2.75) is 32.7 Å². The molecule has 3 nitrogen and oxygen atoms in total. The number of imidazole rings is 1. The Bertz CT molecular complexity index is 279. The summed E-state index contributed by atoms with van der Waals surface area (Å²) in [6, 6.07) is 0.696. The molecule has 1 aliphatic carbocycles. The molecule has 0 aromatic carbocycles. The molecule has 2 unspecified atom stereocenters. The van der Waals surface area contributed by atoms with Gasteiger partial charge >= 0.3 is 0 Å². The number of rotatable bonds is 4. The third kappa shape index (κ3) is 1.69. The number of aromatic nitrogens is 2. The second kappa shape index (κ2) is 3.40. The standard InChI is InChI=1S/C10H17N3/c1-3-4-11-10-12-5-6-13(10)9-7-8(9)2/h5-6,8-9H,3-4,7H2,1-2H3,(H,11,12). The quantitative estimate of drug-likeness (QED) is 0.768. The van der Waals surface area contributed by atoms with E-state index in [9.17, 15) is 0 Å². The molecule has 0 saturated heterocycles. The average Bonchev–Trinajstić information content (AvgIpc) is 2.66. The number of nitrogens with one attached hydrogen (secondary N) is 1. The van der Waals surface area contributed by atoms with E-state index in [1.165, 1.54) is 6.42 Å². The predicted molar refractivity (Wildman–Crippen MR) is 53.8 cm³/mol. The molecule has 0 radical (unpaired) electrons. The van der Waals surface area contributed by atoms with E-state index in [0.717, 1.165) is 24.8 Å². The Labute approximate surface area is 79.2 Å². The van der Waals surface area contributed by atoms with Gasteiger partial charge in [0.05, 0.1) is 0 Å². The van der Waals surface area contributed by atoms with Crippen LogP contribution in [0.15, 0.2) is 12.4 Å². The van der Waals surface area contributed by atoms with Crippen molar-refractivity contribution in [1.82, 2.24) is 9.55 Å². The van der Waals surface area contributed by atoms with Crippen molar-refractivity contribution in [1.29, 1.82) is 0 Å². The van der Waals surface area contributed by atoms with Crippen LogP contribution < -0.4 is 5.32 Å². The molecule has 13 heavy (non-hydrogen) atoms. The summed E-state index contributed by atoms with van der Waals surface area (Å²) in [6.45, 7) is 5.46. The third-order valence-corrected chi connectivity index (χ3v) is 2.63. The first-order valence-corrected chi connectivity index (χ1v) is 5.09. The van der Waals surface area contributed by atoms with Crippen LogP contribution in [0.4, 0.5) is 5.95 Å². The molecule has 1 aromatic heterocycles. The smallest absolute Gasteiger partial charge is 0.203 e. The maximum Gasteiger partial charge on any atom is 0.203 e. The summed E-state index contributed by atoms with van der Waals surface area (Å²) in [5, 5.41) is 3.34. The molecule has 72 valence electrons. The normalized spacial score (nSPS) is 26.0. The van der Waals surface area contributed by atoms with Crippen molar-refractivity contribution in [2.24, 2.45) is 5.92 Å². The fraction of sp³-hybridized carbons (Fsp3) is 0.700. The van der Waals surface area contributed by atoms with Crippen LogP contribution in [0.3, 0.4) is 0 Å². The topological polar surface area (TPSA) is 29.9 Å². The van der Waals surface area contributed by atoms with E-state index in [1.54, 1.807) is 0 Å². The molecule has 0 spiro atoms. The van der Waals surface area contributed by atoms with Crippen LogP contribution in [0.5, 0.6) is 0 Å². The van der Waals surface area contributed by atoms with Crippen LogP contribution in [-0.4, -0.2) is 16.1 Å². The van der Waals surface area contributed by atoms with E-state index < -0.39 is 0 Å². The number of anilines is 1. The Morgan fingerprint density at radius 2 is 2.46 bits per heavy atom. The second-order valence-corrected chi connectivity index (χ2v) is 3.87. The highest BCUT2D eigenvalue weighted by molar-refractivity contribution is 5.27. The molecule has 1 aliphatic rings. The van der Waals surface area contributed by atoms with Crippen LogP contribution in [0.25, 0.3) is 0 Å². The predicted octanol–water partition coefficient (Wildman–Crippen LogP) is 2.29. The minimum absolute atomic E-state index is 0.696. The highest BCUT2D eigenvalue weighted by Gasteiger charge is 2.35. The van der Waals surface area contributed by atoms with Gasteiger partial charge in [-0.15, -0.1) is 0 Å². The molecule has 3 heteroatoms. The number of hydrogen-bond donors (Lipinski definition) is 1.